The van der Waals surface area contributed by atoms with Crippen molar-refractivity contribution in [3.63, 3.8) is 0 Å². The number of nitrogens with one attached hydrogen (secondary N) is 2. The Labute approximate surface area is 93.2 Å². The normalized spacial score (nSPS) is 9.81. The summed E-state index contributed by atoms with van der Waals surface area (Å²) >= 11 is 0. The molecule has 0 saturated carbocycles. The van der Waals surface area contributed by atoms with Gasteiger partial charge in [0.1, 0.15) is 0 Å². The SMILES string of the molecule is Cc1ccc(CNCC(=O)NC(N)=O)cn1. The zero-order chi connectivity index (χ0) is 12.0. The maximum atomic E-state index is 11.0. The van der Waals surface area contributed by atoms with Crippen LogP contribution in [0.4, 0.5) is 4.79 Å². The van der Waals surface area contributed by atoms with E-state index in [-0.39, 0.29) is 6.54 Å². The number of hydrogen-bond acceptors (Lipinski definition) is 4. The topological polar surface area (TPSA) is 97.1 Å². The van der Waals surface area contributed by atoms with Crippen LogP contribution in [-0.2, 0) is 11.3 Å². The minimum Gasteiger partial charge on any atom is -0.351 e. The van der Waals surface area contributed by atoms with Crippen molar-refractivity contribution in [2.45, 2.75) is 13.5 Å². The van der Waals surface area contributed by atoms with E-state index in [9.17, 15) is 9.59 Å². The first-order chi connectivity index (χ1) is 7.58. The lowest BCUT2D eigenvalue weighted by molar-refractivity contribution is -0.119. The number of hydrogen-bond donors (Lipinski definition) is 3. The van der Waals surface area contributed by atoms with E-state index in [1.165, 1.54) is 0 Å². The van der Waals surface area contributed by atoms with Crippen LogP contribution in [-0.4, -0.2) is 23.5 Å². The Morgan fingerprint density at radius 1 is 1.44 bits per heavy atom. The standard InChI is InChI=1S/C10H14N4O2/c1-7-2-3-8(5-13-7)4-12-6-9(15)14-10(11)16/h2-3,5,12H,4,6H2,1H3,(H3,11,14,15,16). The van der Waals surface area contributed by atoms with E-state index in [0.29, 0.717) is 6.54 Å². The Morgan fingerprint density at radius 3 is 2.75 bits per heavy atom. The number of amides is 3. The highest BCUT2D eigenvalue weighted by atomic mass is 16.2. The van der Waals surface area contributed by atoms with Gasteiger partial charge in [-0.15, -0.1) is 0 Å². The zero-order valence-corrected chi connectivity index (χ0v) is 8.99. The monoisotopic (exact) mass is 222 g/mol. The molecule has 0 atom stereocenters. The lowest BCUT2D eigenvalue weighted by Crippen LogP contribution is -2.40. The van der Waals surface area contributed by atoms with Gasteiger partial charge in [0.15, 0.2) is 0 Å². The summed E-state index contributed by atoms with van der Waals surface area (Å²) in [5, 5.41) is 4.83. The zero-order valence-electron chi connectivity index (χ0n) is 8.99. The fraction of sp³-hybridized carbons (Fsp3) is 0.300. The van der Waals surface area contributed by atoms with Crippen LogP contribution >= 0.6 is 0 Å². The molecule has 0 aliphatic rings. The Hall–Kier alpha value is -1.95. The van der Waals surface area contributed by atoms with Crippen molar-refractivity contribution >= 4 is 11.9 Å². The number of carbonyl (C=O) groups is 2. The Morgan fingerprint density at radius 2 is 2.19 bits per heavy atom. The molecule has 1 rings (SSSR count). The lowest BCUT2D eigenvalue weighted by Gasteiger charge is -2.04. The Kier molecular flexibility index (Phi) is 4.41. The lowest BCUT2D eigenvalue weighted by atomic mass is 10.2. The van der Waals surface area contributed by atoms with Crippen molar-refractivity contribution in [1.82, 2.24) is 15.6 Å². The summed E-state index contributed by atoms with van der Waals surface area (Å²) in [4.78, 5) is 25.5. The number of carbonyl (C=O) groups excluding carboxylic acids is 2. The number of aryl methyl sites for hydroxylation is 1. The van der Waals surface area contributed by atoms with Gasteiger partial charge in [-0.25, -0.2) is 4.79 Å². The van der Waals surface area contributed by atoms with Gasteiger partial charge in [-0.05, 0) is 18.6 Å². The van der Waals surface area contributed by atoms with E-state index in [2.05, 4.69) is 10.3 Å². The molecular formula is C10H14N4O2. The van der Waals surface area contributed by atoms with Crippen LogP contribution in [0.3, 0.4) is 0 Å². The highest BCUT2D eigenvalue weighted by Gasteiger charge is 2.02. The van der Waals surface area contributed by atoms with E-state index in [1.807, 2.05) is 24.4 Å². The van der Waals surface area contributed by atoms with E-state index in [1.54, 1.807) is 6.20 Å². The minimum atomic E-state index is -0.844. The molecule has 0 fully saturated rings. The smallest absolute Gasteiger partial charge is 0.318 e. The van der Waals surface area contributed by atoms with Crippen LogP contribution in [0.15, 0.2) is 18.3 Å². The first-order valence-electron chi connectivity index (χ1n) is 4.79. The molecule has 0 unspecified atom stereocenters. The predicted molar refractivity (Wildman–Crippen MR) is 58.4 cm³/mol. The van der Waals surface area contributed by atoms with Crippen molar-refractivity contribution in [2.24, 2.45) is 5.73 Å². The second-order valence-electron chi connectivity index (χ2n) is 3.32. The molecule has 6 nitrogen and oxygen atoms in total. The maximum absolute atomic E-state index is 11.0. The van der Waals surface area contributed by atoms with Crippen LogP contribution in [0, 0.1) is 6.92 Å². The number of imide groups is 1. The summed E-state index contributed by atoms with van der Waals surface area (Å²) in [6.07, 6.45) is 1.73. The third-order valence-electron chi connectivity index (χ3n) is 1.85. The second-order valence-corrected chi connectivity index (χ2v) is 3.32. The quantitative estimate of drug-likeness (QED) is 0.650. The van der Waals surface area contributed by atoms with Crippen LogP contribution in [0.2, 0.25) is 0 Å². The molecule has 0 spiro atoms. The Balaban J connectivity index is 2.28. The first-order valence-corrected chi connectivity index (χ1v) is 4.79. The summed E-state index contributed by atoms with van der Waals surface area (Å²) in [5.41, 5.74) is 6.69. The van der Waals surface area contributed by atoms with Crippen molar-refractivity contribution < 1.29 is 9.59 Å². The highest BCUT2D eigenvalue weighted by Crippen LogP contribution is 1.97. The molecular weight excluding hydrogens is 208 g/mol. The third kappa shape index (κ3) is 4.52. The number of aromatic nitrogens is 1. The number of primary amides is 1. The van der Waals surface area contributed by atoms with Crippen LogP contribution in [0.5, 0.6) is 0 Å². The van der Waals surface area contributed by atoms with Gasteiger partial charge in [0.05, 0.1) is 6.54 Å². The molecule has 86 valence electrons. The number of nitrogens with zero attached hydrogens (tertiary/aromatic N) is 1. The van der Waals surface area contributed by atoms with Crippen molar-refractivity contribution in [3.05, 3.63) is 29.6 Å². The molecule has 0 aromatic carbocycles. The number of rotatable bonds is 4. The summed E-state index contributed by atoms with van der Waals surface area (Å²) in [6, 6.07) is 2.96. The number of pyridine rings is 1. The molecule has 1 aromatic heterocycles. The molecule has 1 heterocycles. The summed E-state index contributed by atoms with van der Waals surface area (Å²) < 4.78 is 0. The van der Waals surface area contributed by atoms with Gasteiger partial charge in [0, 0.05) is 18.4 Å². The van der Waals surface area contributed by atoms with Crippen molar-refractivity contribution in [2.75, 3.05) is 6.54 Å². The summed E-state index contributed by atoms with van der Waals surface area (Å²) in [6.45, 7) is 2.45. The molecule has 0 saturated heterocycles. The molecule has 1 aromatic rings. The molecule has 3 amide bonds. The molecule has 4 N–H and O–H groups in total. The van der Waals surface area contributed by atoms with E-state index >= 15 is 0 Å². The largest absolute Gasteiger partial charge is 0.351 e. The van der Waals surface area contributed by atoms with E-state index in [4.69, 9.17) is 5.73 Å². The average Bonchev–Trinajstić information content (AvgIpc) is 2.20. The molecule has 0 aliphatic carbocycles. The van der Waals surface area contributed by atoms with Crippen molar-refractivity contribution in [1.29, 1.82) is 0 Å². The molecule has 0 aliphatic heterocycles. The van der Waals surface area contributed by atoms with Crippen LogP contribution < -0.4 is 16.4 Å². The van der Waals surface area contributed by atoms with Gasteiger partial charge in [-0.2, -0.15) is 0 Å². The van der Waals surface area contributed by atoms with Gasteiger partial charge in [0.25, 0.3) is 0 Å². The van der Waals surface area contributed by atoms with Gasteiger partial charge in [0.2, 0.25) is 5.91 Å². The van der Waals surface area contributed by atoms with Gasteiger partial charge >= 0.3 is 6.03 Å². The maximum Gasteiger partial charge on any atom is 0.318 e. The van der Waals surface area contributed by atoms with Gasteiger partial charge in [-0.1, -0.05) is 6.07 Å². The van der Waals surface area contributed by atoms with Crippen LogP contribution in [0.1, 0.15) is 11.3 Å². The van der Waals surface area contributed by atoms with Crippen molar-refractivity contribution in [3.8, 4) is 0 Å². The van der Waals surface area contributed by atoms with E-state index in [0.717, 1.165) is 11.3 Å². The second kappa shape index (κ2) is 5.82. The van der Waals surface area contributed by atoms with Crippen LogP contribution in [0.25, 0.3) is 0 Å². The number of nitrogens with two attached hydrogens (primary N) is 1. The average molecular weight is 222 g/mol. The fourth-order valence-electron chi connectivity index (χ4n) is 1.10. The Bertz CT molecular complexity index is 375. The third-order valence-corrected chi connectivity index (χ3v) is 1.85. The number of urea groups is 1. The highest BCUT2D eigenvalue weighted by molar-refractivity contribution is 5.94. The fourth-order valence-corrected chi connectivity index (χ4v) is 1.10. The summed E-state index contributed by atoms with van der Waals surface area (Å²) in [7, 11) is 0. The van der Waals surface area contributed by atoms with Gasteiger partial charge in [-0.3, -0.25) is 15.1 Å². The molecule has 0 bridgehead atoms. The first kappa shape index (κ1) is 12.1. The summed E-state index contributed by atoms with van der Waals surface area (Å²) in [5.74, 6) is -0.451. The van der Waals surface area contributed by atoms with Gasteiger partial charge < -0.3 is 11.1 Å². The predicted octanol–water partition coefficient (Wildman–Crippen LogP) is -0.325. The molecule has 6 heteroatoms. The van der Waals surface area contributed by atoms with E-state index < -0.39 is 11.9 Å². The minimum absolute atomic E-state index is 0.0385. The molecule has 16 heavy (non-hydrogen) atoms. The molecule has 0 radical (unpaired) electrons.